The first-order valence-corrected chi connectivity index (χ1v) is 9.78. The number of amides is 1. The lowest BCUT2D eigenvalue weighted by Gasteiger charge is -2.22. The lowest BCUT2D eigenvalue weighted by Crippen LogP contribution is -2.36. The lowest BCUT2D eigenvalue weighted by molar-refractivity contribution is 0.0754. The number of carbonyl (C=O) groups is 1. The van der Waals surface area contributed by atoms with Gasteiger partial charge in [0.15, 0.2) is 5.69 Å². The number of H-pyrrole nitrogens is 1. The number of aromatic amines is 1. The zero-order valence-corrected chi connectivity index (χ0v) is 16.6. The highest BCUT2D eigenvalue weighted by atomic mass is 35.5. The largest absolute Gasteiger partial charge is 0.336 e. The van der Waals surface area contributed by atoms with Crippen LogP contribution >= 0.6 is 23.7 Å². The van der Waals surface area contributed by atoms with Gasteiger partial charge in [-0.3, -0.25) is 14.8 Å². The van der Waals surface area contributed by atoms with Gasteiger partial charge in [-0.1, -0.05) is 0 Å². The number of nitrogens with zero attached hydrogens (tertiary/aromatic N) is 4. The van der Waals surface area contributed by atoms with E-state index in [0.29, 0.717) is 5.69 Å². The van der Waals surface area contributed by atoms with Crippen LogP contribution in [-0.4, -0.2) is 63.6 Å². The molecule has 0 aromatic carbocycles. The summed E-state index contributed by atoms with van der Waals surface area (Å²) in [6, 6.07) is 0. The Morgan fingerprint density at radius 3 is 3.00 bits per heavy atom. The van der Waals surface area contributed by atoms with Crippen LogP contribution in [0, 0.1) is 6.92 Å². The van der Waals surface area contributed by atoms with E-state index in [9.17, 15) is 4.79 Å². The molecule has 2 aromatic rings. The second-order valence-corrected chi connectivity index (χ2v) is 7.80. The zero-order valence-electron chi connectivity index (χ0n) is 15.0. The van der Waals surface area contributed by atoms with Gasteiger partial charge in [0, 0.05) is 68.9 Å². The summed E-state index contributed by atoms with van der Waals surface area (Å²) in [6.07, 6.45) is 1.90. The number of carbonyl (C=O) groups excluding carboxylic acids is 1. The molecule has 0 unspecified atom stereocenters. The van der Waals surface area contributed by atoms with Crippen LogP contribution in [-0.2, 0) is 19.5 Å². The Hall–Kier alpha value is -1.48. The molecule has 4 heterocycles. The first-order valence-electron chi connectivity index (χ1n) is 8.90. The smallest absolute Gasteiger partial charge is 0.274 e. The van der Waals surface area contributed by atoms with Crippen molar-refractivity contribution in [1.29, 1.82) is 0 Å². The van der Waals surface area contributed by atoms with Gasteiger partial charge in [-0.2, -0.15) is 5.10 Å². The summed E-state index contributed by atoms with van der Waals surface area (Å²) in [5.74, 6) is 0.0625. The molecule has 0 aliphatic carbocycles. The second-order valence-electron chi connectivity index (χ2n) is 6.74. The fraction of sp³-hybridized carbons (Fsp3) is 0.588. The van der Waals surface area contributed by atoms with Gasteiger partial charge in [-0.15, -0.1) is 23.7 Å². The van der Waals surface area contributed by atoms with Crippen LogP contribution in [0.15, 0.2) is 5.38 Å². The fourth-order valence-electron chi connectivity index (χ4n) is 3.59. The van der Waals surface area contributed by atoms with Crippen molar-refractivity contribution in [1.82, 2.24) is 30.3 Å². The van der Waals surface area contributed by atoms with Crippen molar-refractivity contribution >= 4 is 29.7 Å². The Bertz CT molecular complexity index is 760. The summed E-state index contributed by atoms with van der Waals surface area (Å²) >= 11 is 1.69. The first kappa shape index (κ1) is 19.3. The van der Waals surface area contributed by atoms with Crippen molar-refractivity contribution in [3.8, 4) is 0 Å². The Morgan fingerprint density at radius 2 is 2.19 bits per heavy atom. The molecule has 4 rings (SSSR count). The topological polar surface area (TPSA) is 77.2 Å². The SMILES string of the molecule is Cc1nc(CN2CCCN(C(=O)c3n[nH]c4c3CNCC4)CC2)cs1.Cl. The number of thiazole rings is 1. The van der Waals surface area contributed by atoms with E-state index in [1.54, 1.807) is 11.3 Å². The molecule has 1 amide bonds. The molecule has 2 aliphatic rings. The van der Waals surface area contributed by atoms with E-state index in [2.05, 4.69) is 30.8 Å². The highest BCUT2D eigenvalue weighted by Gasteiger charge is 2.27. The van der Waals surface area contributed by atoms with E-state index >= 15 is 0 Å². The second kappa shape index (κ2) is 8.47. The van der Waals surface area contributed by atoms with Gasteiger partial charge in [0.05, 0.1) is 10.7 Å². The number of nitrogens with one attached hydrogen (secondary N) is 2. The van der Waals surface area contributed by atoms with E-state index in [0.717, 1.165) is 80.6 Å². The number of hydrogen-bond acceptors (Lipinski definition) is 6. The minimum absolute atomic E-state index is 0. The van der Waals surface area contributed by atoms with Gasteiger partial charge in [-0.05, 0) is 13.3 Å². The Morgan fingerprint density at radius 1 is 1.31 bits per heavy atom. The molecule has 7 nitrogen and oxygen atoms in total. The molecular formula is C17H25ClN6OS. The highest BCUT2D eigenvalue weighted by Crippen LogP contribution is 2.18. The van der Waals surface area contributed by atoms with Gasteiger partial charge in [-0.25, -0.2) is 4.98 Å². The number of aryl methyl sites for hydroxylation is 1. The summed E-state index contributed by atoms with van der Waals surface area (Å²) in [6.45, 7) is 8.00. The molecule has 1 fully saturated rings. The summed E-state index contributed by atoms with van der Waals surface area (Å²) in [5.41, 5.74) is 3.90. The van der Waals surface area contributed by atoms with Crippen LogP contribution in [0.4, 0.5) is 0 Å². The van der Waals surface area contributed by atoms with Crippen molar-refractivity contribution < 1.29 is 4.79 Å². The Balaban J connectivity index is 0.00000196. The van der Waals surface area contributed by atoms with E-state index < -0.39 is 0 Å². The molecule has 2 N–H and O–H groups in total. The highest BCUT2D eigenvalue weighted by molar-refractivity contribution is 7.09. The molecule has 0 radical (unpaired) electrons. The number of fused-ring (bicyclic) bond motifs is 1. The average Bonchev–Trinajstić information content (AvgIpc) is 3.15. The Kier molecular flexibility index (Phi) is 6.29. The third-order valence-corrected chi connectivity index (χ3v) is 5.76. The van der Waals surface area contributed by atoms with E-state index in [1.165, 1.54) is 0 Å². The van der Waals surface area contributed by atoms with Crippen molar-refractivity contribution in [2.75, 3.05) is 32.7 Å². The van der Waals surface area contributed by atoms with E-state index in [4.69, 9.17) is 0 Å². The fourth-order valence-corrected chi connectivity index (χ4v) is 4.20. The third kappa shape index (κ3) is 4.09. The Labute approximate surface area is 163 Å². The lowest BCUT2D eigenvalue weighted by atomic mass is 10.1. The standard InChI is InChI=1S/C17H24N6OS.ClH/c1-12-19-13(11-25-12)10-22-5-2-6-23(8-7-22)17(24)16-14-9-18-4-3-15(14)20-21-16;/h11,18H,2-10H2,1H3,(H,20,21);1H. The van der Waals surface area contributed by atoms with Crippen LogP contribution < -0.4 is 5.32 Å². The number of halogens is 1. The monoisotopic (exact) mass is 396 g/mol. The third-order valence-electron chi connectivity index (χ3n) is 4.94. The molecule has 9 heteroatoms. The normalized spacial score (nSPS) is 18.1. The van der Waals surface area contributed by atoms with Crippen molar-refractivity contribution in [2.24, 2.45) is 0 Å². The summed E-state index contributed by atoms with van der Waals surface area (Å²) < 4.78 is 0. The van der Waals surface area contributed by atoms with Gasteiger partial charge in [0.1, 0.15) is 0 Å². The van der Waals surface area contributed by atoms with E-state index in [-0.39, 0.29) is 18.3 Å². The van der Waals surface area contributed by atoms with Crippen molar-refractivity contribution in [3.63, 3.8) is 0 Å². The minimum atomic E-state index is 0. The van der Waals surface area contributed by atoms with Gasteiger partial charge in [0.2, 0.25) is 0 Å². The molecule has 26 heavy (non-hydrogen) atoms. The summed E-state index contributed by atoms with van der Waals surface area (Å²) in [7, 11) is 0. The minimum Gasteiger partial charge on any atom is -0.336 e. The van der Waals surface area contributed by atoms with Crippen LogP contribution in [0.2, 0.25) is 0 Å². The molecule has 0 saturated carbocycles. The quantitative estimate of drug-likeness (QED) is 0.823. The van der Waals surface area contributed by atoms with Crippen LogP contribution in [0.25, 0.3) is 0 Å². The average molecular weight is 397 g/mol. The molecule has 0 atom stereocenters. The maximum atomic E-state index is 12.9. The van der Waals surface area contributed by atoms with Crippen molar-refractivity contribution in [3.05, 3.63) is 33.0 Å². The zero-order chi connectivity index (χ0) is 17.2. The molecular weight excluding hydrogens is 372 g/mol. The first-order chi connectivity index (χ1) is 12.2. The maximum absolute atomic E-state index is 12.9. The molecule has 142 valence electrons. The van der Waals surface area contributed by atoms with Crippen LogP contribution in [0.3, 0.4) is 0 Å². The van der Waals surface area contributed by atoms with Crippen LogP contribution in [0.1, 0.15) is 38.9 Å². The predicted octanol–water partition coefficient (Wildman–Crippen LogP) is 1.59. The maximum Gasteiger partial charge on any atom is 0.274 e. The van der Waals surface area contributed by atoms with E-state index in [1.807, 2.05) is 11.8 Å². The molecule has 0 spiro atoms. The summed E-state index contributed by atoms with van der Waals surface area (Å²) in [4.78, 5) is 21.8. The van der Waals surface area contributed by atoms with Gasteiger partial charge >= 0.3 is 0 Å². The molecule has 0 bridgehead atoms. The number of rotatable bonds is 3. The predicted molar refractivity (Wildman–Crippen MR) is 104 cm³/mol. The van der Waals surface area contributed by atoms with Gasteiger partial charge in [0.25, 0.3) is 5.91 Å². The number of aromatic nitrogens is 3. The molecule has 2 aliphatic heterocycles. The van der Waals surface area contributed by atoms with Crippen LogP contribution in [0.5, 0.6) is 0 Å². The molecule has 1 saturated heterocycles. The molecule has 2 aromatic heterocycles. The van der Waals surface area contributed by atoms with Gasteiger partial charge < -0.3 is 10.2 Å². The summed E-state index contributed by atoms with van der Waals surface area (Å²) in [5, 5.41) is 13.9. The number of hydrogen-bond donors (Lipinski definition) is 2. The van der Waals surface area contributed by atoms with Crippen molar-refractivity contribution in [2.45, 2.75) is 32.9 Å².